The highest BCUT2D eigenvalue weighted by Gasteiger charge is 2.46. The van der Waals surface area contributed by atoms with Crippen molar-refractivity contribution in [3.8, 4) is 0 Å². The van der Waals surface area contributed by atoms with Gasteiger partial charge in [-0.2, -0.15) is 39.5 Å². The summed E-state index contributed by atoms with van der Waals surface area (Å²) in [7, 11) is 0. The van der Waals surface area contributed by atoms with Crippen molar-refractivity contribution in [3.05, 3.63) is 64.2 Å². The van der Waals surface area contributed by atoms with Crippen molar-refractivity contribution in [3.63, 3.8) is 0 Å². The number of hydrogen-bond acceptors (Lipinski definition) is 3. The van der Waals surface area contributed by atoms with Crippen molar-refractivity contribution in [2.45, 2.75) is 83.1 Å². The minimum absolute atomic E-state index is 0.0357. The molecule has 0 saturated heterocycles. The lowest BCUT2D eigenvalue weighted by Crippen LogP contribution is -2.53. The quantitative estimate of drug-likeness (QED) is 0.302. The molecule has 0 unspecified atom stereocenters. The number of carbonyl (C=O) groups excluding carboxylic acids is 2. The maximum absolute atomic E-state index is 13.8. The van der Waals surface area contributed by atoms with E-state index in [4.69, 9.17) is 4.74 Å². The fourth-order valence-electron chi connectivity index (χ4n) is 5.62. The number of benzene rings is 2. The first-order chi connectivity index (χ1) is 19.9. The Kier molecular flexibility index (Phi) is 8.99. The zero-order valence-electron chi connectivity index (χ0n) is 23.2. The second-order valence-corrected chi connectivity index (χ2v) is 10.8. The average Bonchev–Trinajstić information content (AvgIpc) is 2.86. The van der Waals surface area contributed by atoms with Crippen LogP contribution in [0.15, 0.2) is 36.4 Å². The molecule has 2 aliphatic rings. The summed E-state index contributed by atoms with van der Waals surface area (Å²) in [5, 5.41) is 0. The fourth-order valence-corrected chi connectivity index (χ4v) is 5.62. The second-order valence-electron chi connectivity index (χ2n) is 10.8. The van der Waals surface area contributed by atoms with E-state index in [1.165, 1.54) is 4.90 Å². The molecule has 0 aromatic heterocycles. The summed E-state index contributed by atoms with van der Waals surface area (Å²) in [4.78, 5) is 28.4. The Hall–Kier alpha value is -3.45. The lowest BCUT2D eigenvalue weighted by molar-refractivity contribution is -0.143. The second kappa shape index (κ2) is 11.9. The number of carbonyl (C=O) groups is 2. The van der Waals surface area contributed by atoms with E-state index in [-0.39, 0.29) is 36.3 Å². The van der Waals surface area contributed by atoms with Crippen LogP contribution in [0.25, 0.3) is 0 Å². The van der Waals surface area contributed by atoms with Crippen LogP contribution >= 0.6 is 0 Å². The molecule has 14 heteroatoms. The third kappa shape index (κ3) is 7.04. The molecule has 236 valence electrons. The zero-order chi connectivity index (χ0) is 31.9. The standard InChI is InChI=1S/C29H29F9N2O3/c1-3-9-43-26(42)40-23-8-7-19(27(30,31)32)13-22(23)25(14-24(40)18-5-4-6-18)39(16(2)41)15-17-10-20(28(33,34)35)12-21(11-17)29(36,37)38/h7-8,10-13,18,24-25H,3-6,9,14-15H2,1-2H3/t24-,25-/m0/s1. The van der Waals surface area contributed by atoms with E-state index >= 15 is 0 Å². The monoisotopic (exact) mass is 624 g/mol. The number of rotatable bonds is 6. The Morgan fingerprint density at radius 2 is 1.47 bits per heavy atom. The SMILES string of the molecule is CCCOC(=O)N1c2ccc(C(F)(F)F)cc2[C@@H](N(Cc2cc(C(F)(F)F)cc(C(F)(F)F)c2)C(C)=O)C[C@H]1C1CCC1. The summed E-state index contributed by atoms with van der Waals surface area (Å²) in [5.74, 6) is -0.889. The largest absolute Gasteiger partial charge is 0.449 e. The van der Waals surface area contributed by atoms with E-state index in [1.807, 2.05) is 0 Å². The van der Waals surface area contributed by atoms with Crippen LogP contribution < -0.4 is 4.90 Å². The van der Waals surface area contributed by atoms with Crippen molar-refractivity contribution in [2.75, 3.05) is 11.5 Å². The van der Waals surface area contributed by atoms with E-state index in [0.29, 0.717) is 31.4 Å². The molecule has 1 aliphatic carbocycles. The first-order valence-electron chi connectivity index (χ1n) is 13.6. The molecule has 2 aromatic carbocycles. The summed E-state index contributed by atoms with van der Waals surface area (Å²) in [6.07, 6.45) is -13.3. The fraction of sp³-hybridized carbons (Fsp3) is 0.517. The maximum Gasteiger partial charge on any atom is 0.416 e. The van der Waals surface area contributed by atoms with Crippen LogP contribution in [0.1, 0.15) is 79.8 Å². The molecule has 1 aliphatic heterocycles. The number of amides is 2. The molecule has 43 heavy (non-hydrogen) atoms. The molecule has 2 atom stereocenters. The van der Waals surface area contributed by atoms with Crippen LogP contribution in [0, 0.1) is 5.92 Å². The van der Waals surface area contributed by atoms with Gasteiger partial charge in [0, 0.05) is 19.5 Å². The predicted octanol–water partition coefficient (Wildman–Crippen LogP) is 8.76. The Morgan fingerprint density at radius 3 is 1.93 bits per heavy atom. The predicted molar refractivity (Wildman–Crippen MR) is 137 cm³/mol. The first-order valence-corrected chi connectivity index (χ1v) is 13.6. The molecule has 2 aromatic rings. The molecule has 2 amide bonds. The lowest BCUT2D eigenvalue weighted by Gasteiger charge is -2.48. The molecule has 0 spiro atoms. The van der Waals surface area contributed by atoms with Gasteiger partial charge in [-0.25, -0.2) is 4.79 Å². The molecule has 0 bridgehead atoms. The molecule has 0 N–H and O–H groups in total. The van der Waals surface area contributed by atoms with Gasteiger partial charge in [0.1, 0.15) is 0 Å². The Bertz CT molecular complexity index is 1320. The van der Waals surface area contributed by atoms with Gasteiger partial charge in [0.2, 0.25) is 5.91 Å². The number of alkyl halides is 9. The summed E-state index contributed by atoms with van der Waals surface area (Å²) in [6, 6.07) is 1.73. The van der Waals surface area contributed by atoms with Gasteiger partial charge in [0.05, 0.1) is 35.0 Å². The van der Waals surface area contributed by atoms with Gasteiger partial charge >= 0.3 is 24.6 Å². The minimum Gasteiger partial charge on any atom is -0.449 e. The van der Waals surface area contributed by atoms with Crippen LogP contribution in [0.2, 0.25) is 0 Å². The Labute approximate surface area is 241 Å². The summed E-state index contributed by atoms with van der Waals surface area (Å²) < 4.78 is 128. The van der Waals surface area contributed by atoms with Gasteiger partial charge in [-0.15, -0.1) is 0 Å². The number of fused-ring (bicyclic) bond motifs is 1. The van der Waals surface area contributed by atoms with Crippen LogP contribution in [-0.2, 0) is 34.6 Å². The van der Waals surface area contributed by atoms with Gasteiger partial charge in [0.15, 0.2) is 0 Å². The van der Waals surface area contributed by atoms with E-state index < -0.39 is 71.4 Å². The molecular weight excluding hydrogens is 595 g/mol. The molecule has 0 radical (unpaired) electrons. The molecule has 1 saturated carbocycles. The molecule has 4 rings (SSSR count). The van der Waals surface area contributed by atoms with Crippen LogP contribution in [0.3, 0.4) is 0 Å². The number of hydrogen-bond donors (Lipinski definition) is 0. The number of ether oxygens (including phenoxy) is 1. The van der Waals surface area contributed by atoms with Gasteiger partial charge in [-0.1, -0.05) is 13.3 Å². The molecule has 1 heterocycles. The summed E-state index contributed by atoms with van der Waals surface area (Å²) in [6.45, 7) is 2.09. The van der Waals surface area contributed by atoms with E-state index in [0.717, 1.165) is 36.4 Å². The number of anilines is 1. The maximum atomic E-state index is 13.8. The van der Waals surface area contributed by atoms with E-state index in [1.54, 1.807) is 6.92 Å². The van der Waals surface area contributed by atoms with Crippen molar-refractivity contribution in [1.29, 1.82) is 0 Å². The van der Waals surface area contributed by atoms with Crippen molar-refractivity contribution in [2.24, 2.45) is 5.92 Å². The third-order valence-corrected chi connectivity index (χ3v) is 7.87. The highest BCUT2D eigenvalue weighted by Crippen LogP contribution is 2.49. The lowest BCUT2D eigenvalue weighted by atomic mass is 9.74. The number of nitrogens with zero attached hydrogens (tertiary/aromatic N) is 2. The molecular formula is C29H29F9N2O3. The average molecular weight is 625 g/mol. The van der Waals surface area contributed by atoms with Crippen LogP contribution in [-0.4, -0.2) is 29.5 Å². The number of halogens is 9. The van der Waals surface area contributed by atoms with Crippen LogP contribution in [0.5, 0.6) is 0 Å². The van der Waals surface area contributed by atoms with Gasteiger partial charge < -0.3 is 9.64 Å². The van der Waals surface area contributed by atoms with E-state index in [2.05, 4.69) is 0 Å². The normalized spacial score (nSPS) is 19.5. The van der Waals surface area contributed by atoms with Crippen molar-refractivity contribution >= 4 is 17.7 Å². The first kappa shape index (κ1) is 32.5. The van der Waals surface area contributed by atoms with Gasteiger partial charge in [0.25, 0.3) is 0 Å². The molecule has 1 fully saturated rings. The third-order valence-electron chi connectivity index (χ3n) is 7.87. The van der Waals surface area contributed by atoms with Crippen molar-refractivity contribution in [1.82, 2.24) is 4.90 Å². The Morgan fingerprint density at radius 1 is 0.884 bits per heavy atom. The highest BCUT2D eigenvalue weighted by atomic mass is 19.4. The minimum atomic E-state index is -5.13. The highest BCUT2D eigenvalue weighted by molar-refractivity contribution is 5.91. The van der Waals surface area contributed by atoms with E-state index in [9.17, 15) is 49.1 Å². The smallest absolute Gasteiger partial charge is 0.416 e. The zero-order valence-corrected chi connectivity index (χ0v) is 23.2. The topological polar surface area (TPSA) is 49.9 Å². The van der Waals surface area contributed by atoms with Crippen LogP contribution in [0.4, 0.5) is 50.0 Å². The van der Waals surface area contributed by atoms with Gasteiger partial charge in [-0.3, -0.25) is 9.69 Å². The Balaban J connectivity index is 1.86. The van der Waals surface area contributed by atoms with Crippen molar-refractivity contribution < 1.29 is 53.8 Å². The summed E-state index contributed by atoms with van der Waals surface area (Å²) in [5.41, 5.74) is -4.84. The molecule has 5 nitrogen and oxygen atoms in total. The van der Waals surface area contributed by atoms with Gasteiger partial charge in [-0.05, 0) is 79.1 Å². The summed E-state index contributed by atoms with van der Waals surface area (Å²) >= 11 is 0.